The number of ether oxygens (including phenoxy) is 1. The van der Waals surface area contributed by atoms with Crippen LogP contribution in [0.1, 0.15) is 20.3 Å². The van der Waals surface area contributed by atoms with Gasteiger partial charge in [0.2, 0.25) is 0 Å². The quantitative estimate of drug-likeness (QED) is 0.648. The number of rotatable bonds is 4. The largest absolute Gasteiger partial charge is 0.376 e. The van der Waals surface area contributed by atoms with E-state index in [2.05, 4.69) is 4.94 Å². The van der Waals surface area contributed by atoms with E-state index in [9.17, 15) is 9.32 Å². The Morgan fingerprint density at radius 2 is 2.18 bits per heavy atom. The van der Waals surface area contributed by atoms with Crippen molar-refractivity contribution in [3.8, 4) is 0 Å². The zero-order valence-electron chi connectivity index (χ0n) is 6.45. The number of carbonyl (C=O) groups is 1. The molecule has 0 radical (unpaired) electrons. The van der Waals surface area contributed by atoms with Crippen LogP contribution in [-0.2, 0) is 31.5 Å². The fourth-order valence-electron chi connectivity index (χ4n) is 0.425. The smallest absolute Gasteiger partial charge is 0.367 e. The molecule has 0 rings (SSSR count). The van der Waals surface area contributed by atoms with Gasteiger partial charge in [-0.2, -0.15) is 0 Å². The van der Waals surface area contributed by atoms with Crippen molar-refractivity contribution in [1.29, 1.82) is 0 Å². The SMILES string of the molecule is CCCOC(C)C(=O)OF.[Fe]. The van der Waals surface area contributed by atoms with Crippen molar-refractivity contribution in [2.24, 2.45) is 0 Å². The van der Waals surface area contributed by atoms with Gasteiger partial charge in [-0.25, -0.2) is 4.79 Å². The third kappa shape index (κ3) is 6.28. The van der Waals surface area contributed by atoms with Crippen LogP contribution < -0.4 is 0 Å². The summed E-state index contributed by atoms with van der Waals surface area (Å²) >= 11 is 0. The molecule has 0 aliphatic carbocycles. The number of hydrogen-bond donors (Lipinski definition) is 0. The molecule has 11 heavy (non-hydrogen) atoms. The molecule has 0 aromatic heterocycles. The van der Waals surface area contributed by atoms with Gasteiger partial charge in [0.05, 0.1) is 0 Å². The molecule has 0 saturated heterocycles. The molecule has 0 aliphatic heterocycles. The van der Waals surface area contributed by atoms with Crippen LogP contribution in [0.3, 0.4) is 0 Å². The fraction of sp³-hybridized carbons (Fsp3) is 0.833. The van der Waals surface area contributed by atoms with E-state index in [0.717, 1.165) is 6.42 Å². The summed E-state index contributed by atoms with van der Waals surface area (Å²) in [6.45, 7) is 3.78. The van der Waals surface area contributed by atoms with Gasteiger partial charge in [-0.3, -0.25) is 4.94 Å². The first-order valence-electron chi connectivity index (χ1n) is 3.16. The average molecular weight is 206 g/mol. The predicted octanol–water partition coefficient (Wildman–Crippen LogP) is 1.23. The topological polar surface area (TPSA) is 35.5 Å². The van der Waals surface area contributed by atoms with Crippen LogP contribution >= 0.6 is 0 Å². The minimum absolute atomic E-state index is 0. The predicted molar refractivity (Wildman–Crippen MR) is 32.9 cm³/mol. The number of hydrogen-bond acceptors (Lipinski definition) is 3. The second-order valence-corrected chi connectivity index (χ2v) is 1.91. The van der Waals surface area contributed by atoms with Crippen molar-refractivity contribution in [2.75, 3.05) is 6.61 Å². The molecule has 0 amide bonds. The summed E-state index contributed by atoms with van der Waals surface area (Å²) in [7, 11) is 0. The van der Waals surface area contributed by atoms with Crippen LogP contribution in [-0.4, -0.2) is 18.7 Å². The molecule has 0 aliphatic rings. The van der Waals surface area contributed by atoms with Crippen molar-refractivity contribution in [1.82, 2.24) is 0 Å². The molecule has 0 N–H and O–H groups in total. The molecule has 1 atom stereocenters. The Morgan fingerprint density at radius 3 is 2.55 bits per heavy atom. The summed E-state index contributed by atoms with van der Waals surface area (Å²) < 4.78 is 16.0. The zero-order valence-corrected chi connectivity index (χ0v) is 7.55. The molecule has 0 bridgehead atoms. The van der Waals surface area contributed by atoms with E-state index in [1.807, 2.05) is 6.92 Å². The van der Waals surface area contributed by atoms with Gasteiger partial charge in [-0.05, 0) is 13.3 Å². The zero-order chi connectivity index (χ0) is 7.98. The van der Waals surface area contributed by atoms with E-state index in [1.54, 1.807) is 0 Å². The molecule has 0 aromatic carbocycles. The van der Waals surface area contributed by atoms with Crippen molar-refractivity contribution in [3.05, 3.63) is 0 Å². The molecule has 1 unspecified atom stereocenters. The summed E-state index contributed by atoms with van der Waals surface area (Å²) in [5.74, 6) is -0.978. The standard InChI is InChI=1S/C6H11FO3.Fe/c1-3-4-9-5(2)6(8)10-7;/h5H,3-4H2,1-2H3;. The second-order valence-electron chi connectivity index (χ2n) is 1.91. The number of carbonyl (C=O) groups excluding carboxylic acids is 1. The summed E-state index contributed by atoms with van der Waals surface area (Å²) in [6, 6.07) is 0. The van der Waals surface area contributed by atoms with Gasteiger partial charge in [-0.15, -0.1) is 0 Å². The van der Waals surface area contributed by atoms with E-state index < -0.39 is 12.1 Å². The molecular weight excluding hydrogens is 195 g/mol. The van der Waals surface area contributed by atoms with Gasteiger partial charge in [-0.1, -0.05) is 6.92 Å². The van der Waals surface area contributed by atoms with Gasteiger partial charge in [0.15, 0.2) is 6.10 Å². The first-order valence-corrected chi connectivity index (χ1v) is 3.16. The summed E-state index contributed by atoms with van der Waals surface area (Å²) in [5, 5.41) is 0. The van der Waals surface area contributed by atoms with Gasteiger partial charge < -0.3 is 4.74 Å². The maximum Gasteiger partial charge on any atom is 0.376 e. The maximum atomic E-state index is 11.1. The summed E-state index contributed by atoms with van der Waals surface area (Å²) in [5.41, 5.74) is 0. The monoisotopic (exact) mass is 206 g/mol. The molecule has 68 valence electrons. The van der Waals surface area contributed by atoms with Crippen molar-refractivity contribution in [3.63, 3.8) is 0 Å². The van der Waals surface area contributed by atoms with Crippen molar-refractivity contribution >= 4 is 5.97 Å². The van der Waals surface area contributed by atoms with E-state index in [-0.39, 0.29) is 17.1 Å². The molecule has 0 aromatic rings. The molecular formula is C6H11FFeO3. The Hall–Kier alpha value is -0.121. The molecule has 0 fully saturated rings. The molecule has 0 heterocycles. The Labute approximate surface area is 75.6 Å². The average Bonchev–Trinajstić information content (AvgIpc) is 1.98. The third-order valence-electron chi connectivity index (χ3n) is 0.980. The normalized spacial score (nSPS) is 11.5. The van der Waals surface area contributed by atoms with E-state index >= 15 is 0 Å². The van der Waals surface area contributed by atoms with Gasteiger partial charge in [0, 0.05) is 28.2 Å². The molecule has 0 saturated carbocycles. The van der Waals surface area contributed by atoms with E-state index in [4.69, 9.17) is 4.74 Å². The Kier molecular flexibility index (Phi) is 9.77. The second kappa shape index (κ2) is 7.98. The van der Waals surface area contributed by atoms with Crippen LogP contribution in [0.25, 0.3) is 0 Å². The van der Waals surface area contributed by atoms with Crippen LogP contribution in [0.5, 0.6) is 0 Å². The fourth-order valence-corrected chi connectivity index (χ4v) is 0.425. The maximum absolute atomic E-state index is 11.1. The van der Waals surface area contributed by atoms with Crippen LogP contribution in [0.15, 0.2) is 0 Å². The first-order chi connectivity index (χ1) is 4.72. The molecule has 3 nitrogen and oxygen atoms in total. The molecule has 5 heteroatoms. The van der Waals surface area contributed by atoms with E-state index in [0.29, 0.717) is 6.61 Å². The van der Waals surface area contributed by atoms with Crippen LogP contribution in [0, 0.1) is 0 Å². The van der Waals surface area contributed by atoms with Crippen LogP contribution in [0.4, 0.5) is 4.53 Å². The van der Waals surface area contributed by atoms with E-state index in [1.165, 1.54) is 6.92 Å². The minimum atomic E-state index is -0.978. The molecule has 0 spiro atoms. The van der Waals surface area contributed by atoms with Crippen molar-refractivity contribution < 1.29 is 36.1 Å². The first kappa shape index (κ1) is 13.5. The Morgan fingerprint density at radius 1 is 1.64 bits per heavy atom. The third-order valence-corrected chi connectivity index (χ3v) is 0.980. The Balaban J connectivity index is 0. The Bertz CT molecular complexity index is 110. The van der Waals surface area contributed by atoms with Crippen LogP contribution in [0.2, 0.25) is 0 Å². The van der Waals surface area contributed by atoms with Gasteiger partial charge in [0.1, 0.15) is 0 Å². The summed E-state index contributed by atoms with van der Waals surface area (Å²) in [4.78, 5) is 13.2. The summed E-state index contributed by atoms with van der Waals surface area (Å²) in [6.07, 6.45) is -0.00543. The minimum Gasteiger partial charge on any atom is -0.367 e. The van der Waals surface area contributed by atoms with Gasteiger partial charge in [0.25, 0.3) is 0 Å². The van der Waals surface area contributed by atoms with Crippen molar-refractivity contribution in [2.45, 2.75) is 26.4 Å². The van der Waals surface area contributed by atoms with Gasteiger partial charge >= 0.3 is 5.97 Å². The number of halogens is 1.